The summed E-state index contributed by atoms with van der Waals surface area (Å²) in [6, 6.07) is 14.1. The van der Waals surface area contributed by atoms with Crippen LogP contribution in [0.2, 0.25) is 0 Å². The van der Waals surface area contributed by atoms with Gasteiger partial charge < -0.3 is 5.32 Å². The lowest BCUT2D eigenvalue weighted by atomic mass is 9.97. The molecule has 24 heavy (non-hydrogen) atoms. The van der Waals surface area contributed by atoms with Gasteiger partial charge in [-0.05, 0) is 29.2 Å². The first-order valence-corrected chi connectivity index (χ1v) is 9.48. The number of piperidine rings is 1. The fourth-order valence-electron chi connectivity index (χ4n) is 3.15. The van der Waals surface area contributed by atoms with Crippen molar-refractivity contribution < 1.29 is 13.2 Å². The van der Waals surface area contributed by atoms with E-state index in [1.54, 1.807) is 0 Å². The Balaban J connectivity index is 1.60. The number of benzene rings is 2. The standard InChI is InChI=1S/C17H21N3O3S/c18-24(22,23)20-10-8-14(9-11-20)17(21)19-12-15-6-3-5-13-4-1-2-7-16(13)15/h1-7,14H,8-12H2,(H,19,21)(H2,18,22,23). The normalized spacial score (nSPS) is 17.0. The number of hydrogen-bond donors (Lipinski definition) is 2. The van der Waals surface area contributed by atoms with Crippen molar-refractivity contribution in [3.63, 3.8) is 0 Å². The molecule has 1 fully saturated rings. The number of hydrogen-bond acceptors (Lipinski definition) is 3. The van der Waals surface area contributed by atoms with Crippen LogP contribution in [0.1, 0.15) is 18.4 Å². The fraction of sp³-hybridized carbons (Fsp3) is 0.353. The molecule has 0 aromatic heterocycles. The van der Waals surface area contributed by atoms with E-state index in [2.05, 4.69) is 5.32 Å². The largest absolute Gasteiger partial charge is 0.352 e. The van der Waals surface area contributed by atoms with Gasteiger partial charge in [-0.1, -0.05) is 42.5 Å². The van der Waals surface area contributed by atoms with Crippen LogP contribution in [0.25, 0.3) is 10.8 Å². The molecular formula is C17H21N3O3S. The van der Waals surface area contributed by atoms with Gasteiger partial charge in [0.2, 0.25) is 5.91 Å². The molecule has 1 aliphatic rings. The Bertz CT molecular complexity index is 838. The Morgan fingerprint density at radius 2 is 1.79 bits per heavy atom. The number of carbonyl (C=O) groups is 1. The highest BCUT2D eigenvalue weighted by Crippen LogP contribution is 2.20. The predicted octanol–water partition coefficient (Wildman–Crippen LogP) is 1.37. The average Bonchev–Trinajstić information content (AvgIpc) is 2.59. The van der Waals surface area contributed by atoms with Crippen LogP contribution in [0.4, 0.5) is 0 Å². The van der Waals surface area contributed by atoms with Crippen molar-refractivity contribution in [2.24, 2.45) is 11.1 Å². The lowest BCUT2D eigenvalue weighted by molar-refractivity contribution is -0.126. The molecule has 7 heteroatoms. The Morgan fingerprint density at radius 1 is 1.12 bits per heavy atom. The molecule has 1 heterocycles. The highest BCUT2D eigenvalue weighted by atomic mass is 32.2. The molecule has 0 radical (unpaired) electrons. The minimum absolute atomic E-state index is 0.0306. The van der Waals surface area contributed by atoms with E-state index in [4.69, 9.17) is 5.14 Å². The average molecular weight is 347 g/mol. The third-order valence-corrected chi connectivity index (χ3v) is 5.60. The lowest BCUT2D eigenvalue weighted by Gasteiger charge is -2.29. The van der Waals surface area contributed by atoms with Crippen LogP contribution in [0, 0.1) is 5.92 Å². The van der Waals surface area contributed by atoms with Crippen LogP contribution in [0.3, 0.4) is 0 Å². The molecule has 0 atom stereocenters. The topological polar surface area (TPSA) is 92.5 Å². The van der Waals surface area contributed by atoms with Gasteiger partial charge in [-0.15, -0.1) is 0 Å². The maximum absolute atomic E-state index is 12.4. The van der Waals surface area contributed by atoms with E-state index in [9.17, 15) is 13.2 Å². The first-order chi connectivity index (χ1) is 11.4. The molecule has 0 bridgehead atoms. The Labute approximate surface area is 141 Å². The van der Waals surface area contributed by atoms with Crippen molar-refractivity contribution in [3.05, 3.63) is 48.0 Å². The van der Waals surface area contributed by atoms with Gasteiger partial charge in [0.1, 0.15) is 0 Å². The van der Waals surface area contributed by atoms with Gasteiger partial charge in [-0.2, -0.15) is 12.7 Å². The van der Waals surface area contributed by atoms with Crippen LogP contribution < -0.4 is 10.5 Å². The van der Waals surface area contributed by atoms with Crippen molar-refractivity contribution in [1.29, 1.82) is 0 Å². The van der Waals surface area contributed by atoms with Crippen LogP contribution in [-0.4, -0.2) is 31.7 Å². The number of fused-ring (bicyclic) bond motifs is 1. The summed E-state index contributed by atoms with van der Waals surface area (Å²) in [5.74, 6) is -0.199. The summed E-state index contributed by atoms with van der Waals surface area (Å²) in [7, 11) is -3.65. The number of carbonyl (C=O) groups excluding carboxylic acids is 1. The third kappa shape index (κ3) is 3.75. The van der Waals surface area contributed by atoms with Crippen molar-refractivity contribution in [2.45, 2.75) is 19.4 Å². The van der Waals surface area contributed by atoms with E-state index >= 15 is 0 Å². The smallest absolute Gasteiger partial charge is 0.276 e. The Hall–Kier alpha value is -1.96. The monoisotopic (exact) mass is 347 g/mol. The zero-order valence-corrected chi connectivity index (χ0v) is 14.1. The number of rotatable bonds is 4. The van der Waals surface area contributed by atoms with Crippen LogP contribution >= 0.6 is 0 Å². The minimum Gasteiger partial charge on any atom is -0.352 e. The maximum atomic E-state index is 12.4. The zero-order valence-electron chi connectivity index (χ0n) is 13.3. The highest BCUT2D eigenvalue weighted by molar-refractivity contribution is 7.86. The van der Waals surface area contributed by atoms with Crippen molar-refractivity contribution in [1.82, 2.24) is 9.62 Å². The van der Waals surface area contributed by atoms with Gasteiger partial charge >= 0.3 is 0 Å². The molecule has 3 N–H and O–H groups in total. The summed E-state index contributed by atoms with van der Waals surface area (Å²) >= 11 is 0. The molecule has 2 aromatic carbocycles. The van der Waals surface area contributed by atoms with Crippen LogP contribution in [0.15, 0.2) is 42.5 Å². The zero-order chi connectivity index (χ0) is 17.2. The molecule has 128 valence electrons. The quantitative estimate of drug-likeness (QED) is 0.875. The van der Waals surface area contributed by atoms with Crippen LogP contribution in [0.5, 0.6) is 0 Å². The molecule has 0 spiro atoms. The summed E-state index contributed by atoms with van der Waals surface area (Å²) in [4.78, 5) is 12.4. The number of nitrogens with zero attached hydrogens (tertiary/aromatic N) is 1. The fourth-order valence-corrected chi connectivity index (χ4v) is 3.87. The molecule has 1 amide bonds. The van der Waals surface area contributed by atoms with E-state index in [-0.39, 0.29) is 11.8 Å². The number of amides is 1. The second kappa shape index (κ2) is 6.88. The molecule has 0 saturated carbocycles. The molecule has 1 saturated heterocycles. The SMILES string of the molecule is NS(=O)(=O)N1CCC(C(=O)NCc2cccc3ccccc23)CC1. The minimum atomic E-state index is -3.65. The van der Waals surface area contributed by atoms with Gasteiger partial charge in [-0.3, -0.25) is 4.79 Å². The molecule has 1 aliphatic heterocycles. The maximum Gasteiger partial charge on any atom is 0.276 e. The summed E-state index contributed by atoms with van der Waals surface area (Å²) in [5, 5.41) is 10.4. The van der Waals surface area contributed by atoms with Crippen molar-refractivity contribution >= 4 is 26.9 Å². The third-order valence-electron chi connectivity index (χ3n) is 4.52. The first kappa shape index (κ1) is 16.9. The molecule has 2 aromatic rings. The van der Waals surface area contributed by atoms with Gasteiger partial charge in [0, 0.05) is 25.6 Å². The Kier molecular flexibility index (Phi) is 4.84. The molecule has 0 aliphatic carbocycles. The van der Waals surface area contributed by atoms with E-state index in [1.165, 1.54) is 4.31 Å². The van der Waals surface area contributed by atoms with E-state index in [1.807, 2.05) is 42.5 Å². The summed E-state index contributed by atoms with van der Waals surface area (Å²) in [5.41, 5.74) is 1.07. The van der Waals surface area contributed by atoms with Crippen LogP contribution in [-0.2, 0) is 21.5 Å². The van der Waals surface area contributed by atoms with E-state index < -0.39 is 10.2 Å². The van der Waals surface area contributed by atoms with E-state index in [0.717, 1.165) is 16.3 Å². The van der Waals surface area contributed by atoms with Gasteiger partial charge in [0.15, 0.2) is 0 Å². The van der Waals surface area contributed by atoms with Gasteiger partial charge in [0.25, 0.3) is 10.2 Å². The van der Waals surface area contributed by atoms with Gasteiger partial charge in [0.05, 0.1) is 0 Å². The summed E-state index contributed by atoms with van der Waals surface area (Å²) in [6.45, 7) is 1.06. The molecular weight excluding hydrogens is 326 g/mol. The molecule has 3 rings (SSSR count). The van der Waals surface area contributed by atoms with E-state index in [0.29, 0.717) is 32.5 Å². The number of nitrogens with two attached hydrogens (primary N) is 1. The molecule has 0 unspecified atom stereocenters. The number of nitrogens with one attached hydrogen (secondary N) is 1. The summed E-state index contributed by atoms with van der Waals surface area (Å²) < 4.78 is 23.8. The van der Waals surface area contributed by atoms with Crippen molar-refractivity contribution in [3.8, 4) is 0 Å². The highest BCUT2D eigenvalue weighted by Gasteiger charge is 2.29. The Morgan fingerprint density at radius 3 is 2.50 bits per heavy atom. The predicted molar refractivity (Wildman–Crippen MR) is 93.2 cm³/mol. The second-order valence-electron chi connectivity index (χ2n) is 6.07. The first-order valence-electron chi connectivity index (χ1n) is 7.97. The lowest BCUT2D eigenvalue weighted by Crippen LogP contribution is -2.45. The van der Waals surface area contributed by atoms with Crippen molar-refractivity contribution in [2.75, 3.05) is 13.1 Å². The second-order valence-corrected chi connectivity index (χ2v) is 7.62. The van der Waals surface area contributed by atoms with Gasteiger partial charge in [-0.25, -0.2) is 5.14 Å². The molecule has 6 nitrogen and oxygen atoms in total. The summed E-state index contributed by atoms with van der Waals surface area (Å²) in [6.07, 6.45) is 0.996.